The molecule has 0 bridgehead atoms. The van der Waals surface area contributed by atoms with Gasteiger partial charge in [0.1, 0.15) is 6.26 Å². The maximum Gasteiger partial charge on any atom is 0.297 e. The number of nitrogens with zero attached hydrogens (tertiary/aromatic N) is 2. The molecule has 1 aliphatic rings. The van der Waals surface area contributed by atoms with Crippen LogP contribution in [0.4, 0.5) is 6.01 Å². The fourth-order valence-corrected chi connectivity index (χ4v) is 1.91. The van der Waals surface area contributed by atoms with Gasteiger partial charge in [0, 0.05) is 32.7 Å². The highest BCUT2D eigenvalue weighted by molar-refractivity contribution is 5.28. The molecule has 15 heavy (non-hydrogen) atoms. The van der Waals surface area contributed by atoms with Crippen LogP contribution in [0.3, 0.4) is 0 Å². The van der Waals surface area contributed by atoms with E-state index in [1.165, 1.54) is 0 Å². The van der Waals surface area contributed by atoms with Crippen LogP contribution in [0.25, 0.3) is 0 Å². The minimum absolute atomic E-state index is 0.429. The molecule has 2 N–H and O–H groups in total. The Morgan fingerprint density at radius 3 is 3.27 bits per heavy atom. The van der Waals surface area contributed by atoms with E-state index < -0.39 is 0 Å². The van der Waals surface area contributed by atoms with Crippen molar-refractivity contribution in [2.45, 2.75) is 13.0 Å². The van der Waals surface area contributed by atoms with Crippen molar-refractivity contribution in [3.05, 3.63) is 12.0 Å². The number of hydrogen-bond acceptors (Lipinski definition) is 5. The van der Waals surface area contributed by atoms with Gasteiger partial charge in [-0.3, -0.25) is 0 Å². The van der Waals surface area contributed by atoms with Crippen molar-refractivity contribution in [1.29, 1.82) is 0 Å². The van der Waals surface area contributed by atoms with E-state index in [4.69, 9.17) is 14.9 Å². The molecular weight excluding hydrogens is 194 g/mol. The molecule has 84 valence electrons. The highest BCUT2D eigenvalue weighted by Gasteiger charge is 2.25. The lowest BCUT2D eigenvalue weighted by Gasteiger charge is -2.12. The largest absolute Gasteiger partial charge is 0.432 e. The first kappa shape index (κ1) is 10.4. The van der Waals surface area contributed by atoms with Gasteiger partial charge < -0.3 is 19.8 Å². The molecule has 1 aromatic heterocycles. The molecule has 1 aromatic rings. The Kier molecular flexibility index (Phi) is 3.23. The molecule has 5 nitrogen and oxygen atoms in total. The minimum atomic E-state index is 0.429. The van der Waals surface area contributed by atoms with Gasteiger partial charge in [-0.2, -0.15) is 4.98 Å². The van der Waals surface area contributed by atoms with E-state index >= 15 is 0 Å². The van der Waals surface area contributed by atoms with E-state index in [2.05, 4.69) is 9.88 Å². The Morgan fingerprint density at radius 2 is 2.60 bits per heavy atom. The number of ether oxygens (including phenoxy) is 1. The quantitative estimate of drug-likeness (QED) is 0.790. The molecule has 0 saturated carbocycles. The zero-order valence-corrected chi connectivity index (χ0v) is 8.98. The lowest BCUT2D eigenvalue weighted by molar-refractivity contribution is 0.160. The zero-order valence-electron chi connectivity index (χ0n) is 8.98. The number of nitrogens with two attached hydrogens (primary N) is 1. The van der Waals surface area contributed by atoms with Crippen molar-refractivity contribution in [2.75, 3.05) is 31.7 Å². The predicted octanol–water partition coefficient (Wildman–Crippen LogP) is 0.606. The topological polar surface area (TPSA) is 64.5 Å². The van der Waals surface area contributed by atoms with Crippen LogP contribution < -0.4 is 10.6 Å². The molecule has 2 rings (SSSR count). The number of aromatic nitrogens is 1. The number of anilines is 1. The number of hydrogen-bond donors (Lipinski definition) is 1. The summed E-state index contributed by atoms with van der Waals surface area (Å²) in [6, 6.07) is 0.689. The van der Waals surface area contributed by atoms with Gasteiger partial charge in [-0.25, -0.2) is 0 Å². The Labute approximate surface area is 89.2 Å². The van der Waals surface area contributed by atoms with Gasteiger partial charge in [-0.15, -0.1) is 0 Å². The molecule has 0 aliphatic carbocycles. The standard InChI is InChI=1S/C10H17N3O2/c1-14-6-8-2-3-13(5-8)10-12-9(4-11)7-15-10/h7-8H,2-6,11H2,1H3. The molecule has 1 unspecified atom stereocenters. The van der Waals surface area contributed by atoms with Gasteiger partial charge in [-0.05, 0) is 6.42 Å². The summed E-state index contributed by atoms with van der Waals surface area (Å²) in [6.45, 7) is 3.18. The SMILES string of the molecule is COCC1CCN(c2nc(CN)co2)C1. The Bertz CT molecular complexity index is 313. The third-order valence-electron chi connectivity index (χ3n) is 2.71. The van der Waals surface area contributed by atoms with Gasteiger partial charge in [-0.1, -0.05) is 0 Å². The second-order valence-electron chi connectivity index (χ2n) is 3.88. The normalized spacial score (nSPS) is 21.2. The molecule has 0 radical (unpaired) electrons. The fraction of sp³-hybridized carbons (Fsp3) is 0.700. The Hall–Kier alpha value is -1.07. The maximum absolute atomic E-state index is 5.48. The first-order valence-electron chi connectivity index (χ1n) is 5.22. The van der Waals surface area contributed by atoms with Crippen LogP contribution >= 0.6 is 0 Å². The zero-order chi connectivity index (χ0) is 10.7. The summed E-state index contributed by atoms with van der Waals surface area (Å²) in [5.74, 6) is 0.586. The van der Waals surface area contributed by atoms with E-state index in [1.54, 1.807) is 13.4 Å². The lowest BCUT2D eigenvalue weighted by Crippen LogP contribution is -2.21. The third kappa shape index (κ3) is 2.30. The van der Waals surface area contributed by atoms with Crippen molar-refractivity contribution >= 4 is 6.01 Å². The Balaban J connectivity index is 1.95. The highest BCUT2D eigenvalue weighted by Crippen LogP contribution is 2.23. The van der Waals surface area contributed by atoms with E-state index in [0.29, 0.717) is 18.5 Å². The smallest absolute Gasteiger partial charge is 0.297 e. The van der Waals surface area contributed by atoms with Crippen LogP contribution in [0.15, 0.2) is 10.7 Å². The van der Waals surface area contributed by atoms with E-state index in [-0.39, 0.29) is 0 Å². The van der Waals surface area contributed by atoms with Crippen molar-refractivity contribution in [2.24, 2.45) is 11.7 Å². The molecule has 1 saturated heterocycles. The maximum atomic E-state index is 5.48. The number of methoxy groups -OCH3 is 1. The second-order valence-corrected chi connectivity index (χ2v) is 3.88. The summed E-state index contributed by atoms with van der Waals surface area (Å²) in [7, 11) is 1.74. The molecule has 1 atom stereocenters. The first-order chi connectivity index (χ1) is 7.33. The van der Waals surface area contributed by atoms with E-state index in [1.807, 2.05) is 0 Å². The monoisotopic (exact) mass is 211 g/mol. The average Bonchev–Trinajstić information content (AvgIpc) is 2.85. The van der Waals surface area contributed by atoms with Gasteiger partial charge in [0.2, 0.25) is 0 Å². The van der Waals surface area contributed by atoms with Crippen molar-refractivity contribution in [1.82, 2.24) is 4.98 Å². The van der Waals surface area contributed by atoms with Crippen molar-refractivity contribution < 1.29 is 9.15 Å². The first-order valence-corrected chi connectivity index (χ1v) is 5.22. The summed E-state index contributed by atoms with van der Waals surface area (Å²) in [6.07, 6.45) is 2.76. The highest BCUT2D eigenvalue weighted by atomic mass is 16.5. The summed E-state index contributed by atoms with van der Waals surface area (Å²) < 4.78 is 10.5. The number of rotatable bonds is 4. The van der Waals surface area contributed by atoms with Crippen molar-refractivity contribution in [3.63, 3.8) is 0 Å². The summed E-state index contributed by atoms with van der Waals surface area (Å²) in [4.78, 5) is 6.44. The van der Waals surface area contributed by atoms with Crippen LogP contribution in [-0.2, 0) is 11.3 Å². The van der Waals surface area contributed by atoms with Crippen LogP contribution in [0.2, 0.25) is 0 Å². The second kappa shape index (κ2) is 4.63. The van der Waals surface area contributed by atoms with Gasteiger partial charge in [0.15, 0.2) is 0 Å². The molecule has 2 heterocycles. The van der Waals surface area contributed by atoms with E-state index in [9.17, 15) is 0 Å². The van der Waals surface area contributed by atoms with Crippen LogP contribution in [0.5, 0.6) is 0 Å². The van der Waals surface area contributed by atoms with Gasteiger partial charge in [0.05, 0.1) is 12.3 Å². The van der Waals surface area contributed by atoms with Gasteiger partial charge >= 0.3 is 0 Å². The fourth-order valence-electron chi connectivity index (χ4n) is 1.91. The molecule has 0 aromatic carbocycles. The number of oxazole rings is 1. The average molecular weight is 211 g/mol. The Morgan fingerprint density at radius 1 is 1.73 bits per heavy atom. The summed E-state index contributed by atoms with van der Waals surface area (Å²) >= 11 is 0. The molecule has 0 amide bonds. The summed E-state index contributed by atoms with van der Waals surface area (Å²) in [5.41, 5.74) is 6.28. The van der Waals surface area contributed by atoms with Crippen LogP contribution in [0, 0.1) is 5.92 Å². The molecule has 0 spiro atoms. The lowest BCUT2D eigenvalue weighted by atomic mass is 10.1. The van der Waals surface area contributed by atoms with Crippen molar-refractivity contribution in [3.8, 4) is 0 Å². The molecular formula is C10H17N3O2. The van der Waals surface area contributed by atoms with Gasteiger partial charge in [0.25, 0.3) is 6.01 Å². The molecule has 1 fully saturated rings. The molecule has 1 aliphatic heterocycles. The molecule has 5 heteroatoms. The van der Waals surface area contributed by atoms with Crippen LogP contribution in [-0.4, -0.2) is 31.8 Å². The third-order valence-corrected chi connectivity index (χ3v) is 2.71. The minimum Gasteiger partial charge on any atom is -0.432 e. The van der Waals surface area contributed by atoms with E-state index in [0.717, 1.165) is 31.8 Å². The van der Waals surface area contributed by atoms with Crippen LogP contribution in [0.1, 0.15) is 12.1 Å². The predicted molar refractivity (Wildman–Crippen MR) is 56.6 cm³/mol. The summed E-state index contributed by atoms with van der Waals surface area (Å²) in [5, 5.41) is 0.